The number of nitrogens with zero attached hydrogens (tertiary/aromatic N) is 1. The van der Waals surface area contributed by atoms with Gasteiger partial charge in [-0.25, -0.2) is 8.42 Å². The van der Waals surface area contributed by atoms with Crippen LogP contribution in [0.4, 0.5) is 0 Å². The third kappa shape index (κ3) is 3.83. The summed E-state index contributed by atoms with van der Waals surface area (Å²) in [5.41, 5.74) is 0.701. The minimum absolute atomic E-state index is 0.0324. The van der Waals surface area contributed by atoms with Gasteiger partial charge in [0, 0.05) is 17.1 Å². The Morgan fingerprint density at radius 3 is 2.46 bits per heavy atom. The van der Waals surface area contributed by atoms with E-state index in [0.717, 1.165) is 12.8 Å². The monoisotopic (exact) mass is 429 g/mol. The lowest BCUT2D eigenvalue weighted by molar-refractivity contribution is 0.145. The first kappa shape index (κ1) is 17.9. The number of aliphatic hydroxyl groups is 1. The highest BCUT2D eigenvalue weighted by Crippen LogP contribution is 2.35. The highest BCUT2D eigenvalue weighted by molar-refractivity contribution is 9.10. The van der Waals surface area contributed by atoms with Crippen LogP contribution in [0.2, 0.25) is 5.02 Å². The van der Waals surface area contributed by atoms with Gasteiger partial charge in [-0.05, 0) is 52.5 Å². The van der Waals surface area contributed by atoms with Crippen molar-refractivity contribution in [2.24, 2.45) is 0 Å². The SMILES string of the molecule is O=S(=O)(c1ccc(Br)c(Cl)c1)N(CC(O)c1ccccc1)C1CC1. The Balaban J connectivity index is 1.88. The number of sulfonamides is 1. The lowest BCUT2D eigenvalue weighted by Gasteiger charge is -2.25. The summed E-state index contributed by atoms with van der Waals surface area (Å²) in [4.78, 5) is 0.142. The second-order valence-electron chi connectivity index (χ2n) is 5.81. The van der Waals surface area contributed by atoms with E-state index in [4.69, 9.17) is 11.6 Å². The van der Waals surface area contributed by atoms with E-state index in [0.29, 0.717) is 15.1 Å². The van der Waals surface area contributed by atoms with Crippen molar-refractivity contribution in [3.63, 3.8) is 0 Å². The van der Waals surface area contributed by atoms with E-state index in [1.807, 2.05) is 18.2 Å². The molecular weight excluding hydrogens is 414 g/mol. The van der Waals surface area contributed by atoms with Gasteiger partial charge in [0.2, 0.25) is 10.0 Å². The molecule has 128 valence electrons. The van der Waals surface area contributed by atoms with Crippen molar-refractivity contribution in [3.8, 4) is 0 Å². The van der Waals surface area contributed by atoms with Crippen LogP contribution in [0.1, 0.15) is 24.5 Å². The fraction of sp³-hybridized carbons (Fsp3) is 0.294. The maximum absolute atomic E-state index is 13.0. The second kappa shape index (κ2) is 7.14. The molecule has 1 aliphatic carbocycles. The zero-order valence-corrected chi connectivity index (χ0v) is 15.9. The average Bonchev–Trinajstić information content (AvgIpc) is 3.40. The molecule has 0 amide bonds. The number of halogens is 2. The molecule has 4 nitrogen and oxygen atoms in total. The van der Waals surface area contributed by atoms with Crippen molar-refractivity contribution in [1.29, 1.82) is 0 Å². The minimum atomic E-state index is -3.71. The van der Waals surface area contributed by atoms with E-state index in [1.54, 1.807) is 18.2 Å². The van der Waals surface area contributed by atoms with Gasteiger partial charge in [0.05, 0.1) is 16.0 Å². The van der Waals surface area contributed by atoms with Gasteiger partial charge in [0.1, 0.15) is 0 Å². The van der Waals surface area contributed by atoms with Crippen LogP contribution in [-0.2, 0) is 10.0 Å². The van der Waals surface area contributed by atoms with E-state index in [1.165, 1.54) is 16.4 Å². The van der Waals surface area contributed by atoms with Crippen molar-refractivity contribution >= 4 is 37.6 Å². The van der Waals surface area contributed by atoms with Crippen LogP contribution in [0.25, 0.3) is 0 Å². The summed E-state index contributed by atoms with van der Waals surface area (Å²) in [6.07, 6.45) is 0.753. The van der Waals surface area contributed by atoms with E-state index >= 15 is 0 Å². The summed E-state index contributed by atoms with van der Waals surface area (Å²) >= 11 is 9.31. The van der Waals surface area contributed by atoms with Gasteiger partial charge in [-0.2, -0.15) is 4.31 Å². The van der Waals surface area contributed by atoms with Gasteiger partial charge in [-0.1, -0.05) is 41.9 Å². The molecule has 1 saturated carbocycles. The van der Waals surface area contributed by atoms with Crippen LogP contribution in [-0.4, -0.2) is 30.4 Å². The molecule has 0 heterocycles. The van der Waals surface area contributed by atoms with Crippen molar-refractivity contribution in [3.05, 3.63) is 63.6 Å². The number of benzene rings is 2. The average molecular weight is 431 g/mol. The van der Waals surface area contributed by atoms with E-state index in [9.17, 15) is 13.5 Å². The summed E-state index contributed by atoms with van der Waals surface area (Å²) in [7, 11) is -3.71. The zero-order valence-electron chi connectivity index (χ0n) is 12.8. The van der Waals surface area contributed by atoms with E-state index < -0.39 is 16.1 Å². The number of aliphatic hydroxyl groups excluding tert-OH is 1. The summed E-state index contributed by atoms with van der Waals surface area (Å²) in [6, 6.07) is 13.6. The smallest absolute Gasteiger partial charge is 0.243 e. The van der Waals surface area contributed by atoms with Crippen LogP contribution in [0, 0.1) is 0 Å². The fourth-order valence-electron chi connectivity index (χ4n) is 2.53. The van der Waals surface area contributed by atoms with Crippen molar-refractivity contribution in [1.82, 2.24) is 4.31 Å². The largest absolute Gasteiger partial charge is 0.387 e. The molecule has 1 unspecified atom stereocenters. The number of hydrogen-bond donors (Lipinski definition) is 1. The highest BCUT2D eigenvalue weighted by Gasteiger charge is 2.39. The lowest BCUT2D eigenvalue weighted by Crippen LogP contribution is -2.36. The first-order valence-corrected chi connectivity index (χ1v) is 10.2. The molecule has 3 rings (SSSR count). The van der Waals surface area contributed by atoms with Crippen LogP contribution >= 0.6 is 27.5 Å². The molecule has 1 fully saturated rings. The quantitative estimate of drug-likeness (QED) is 0.754. The zero-order chi connectivity index (χ0) is 17.3. The van der Waals surface area contributed by atoms with Crippen LogP contribution in [0.3, 0.4) is 0 Å². The van der Waals surface area contributed by atoms with E-state index in [-0.39, 0.29) is 17.5 Å². The first-order valence-electron chi connectivity index (χ1n) is 7.59. The van der Waals surface area contributed by atoms with Gasteiger partial charge in [-0.3, -0.25) is 0 Å². The summed E-state index contributed by atoms with van der Waals surface area (Å²) < 4.78 is 28.0. The number of rotatable bonds is 6. The third-order valence-electron chi connectivity index (χ3n) is 3.99. The third-order valence-corrected chi connectivity index (χ3v) is 7.14. The predicted molar refractivity (Wildman–Crippen MR) is 97.5 cm³/mol. The highest BCUT2D eigenvalue weighted by atomic mass is 79.9. The van der Waals surface area contributed by atoms with Crippen LogP contribution in [0.5, 0.6) is 0 Å². The van der Waals surface area contributed by atoms with Crippen LogP contribution in [0.15, 0.2) is 57.9 Å². The molecule has 0 radical (unpaired) electrons. The Hall–Kier alpha value is -0.920. The predicted octanol–water partition coefficient (Wildman–Crippen LogP) is 3.99. The molecule has 1 atom stereocenters. The molecule has 0 bridgehead atoms. The van der Waals surface area contributed by atoms with Gasteiger partial charge < -0.3 is 5.11 Å². The van der Waals surface area contributed by atoms with Gasteiger partial charge in [0.15, 0.2) is 0 Å². The Morgan fingerprint density at radius 2 is 1.88 bits per heavy atom. The van der Waals surface area contributed by atoms with Crippen LogP contribution < -0.4 is 0 Å². The number of hydrogen-bond acceptors (Lipinski definition) is 3. The lowest BCUT2D eigenvalue weighted by atomic mass is 10.1. The minimum Gasteiger partial charge on any atom is -0.387 e. The molecule has 24 heavy (non-hydrogen) atoms. The summed E-state index contributed by atoms with van der Waals surface area (Å²) in [6.45, 7) is 0.0324. The van der Waals surface area contributed by atoms with Crippen molar-refractivity contribution in [2.45, 2.75) is 29.9 Å². The molecular formula is C17H17BrClNO3S. The second-order valence-corrected chi connectivity index (χ2v) is 8.96. The van der Waals surface area contributed by atoms with Gasteiger partial charge >= 0.3 is 0 Å². The summed E-state index contributed by atoms with van der Waals surface area (Å²) in [5.74, 6) is 0. The summed E-state index contributed by atoms with van der Waals surface area (Å²) in [5, 5.41) is 10.8. The van der Waals surface area contributed by atoms with Crippen molar-refractivity contribution < 1.29 is 13.5 Å². The molecule has 1 aliphatic rings. The maximum atomic E-state index is 13.0. The topological polar surface area (TPSA) is 57.6 Å². The van der Waals surface area contributed by atoms with Gasteiger partial charge in [0.25, 0.3) is 0 Å². The Bertz CT molecular complexity index is 825. The fourth-order valence-corrected chi connectivity index (χ4v) is 4.74. The molecule has 0 aromatic heterocycles. The molecule has 0 aliphatic heterocycles. The Kier molecular flexibility index (Phi) is 5.32. The Labute approximate surface area is 155 Å². The maximum Gasteiger partial charge on any atom is 0.243 e. The molecule has 0 saturated heterocycles. The Morgan fingerprint density at radius 1 is 1.21 bits per heavy atom. The first-order chi connectivity index (χ1) is 11.4. The molecule has 1 N–H and O–H groups in total. The standard InChI is InChI=1S/C17H17BrClNO3S/c18-15-9-8-14(10-16(15)19)24(22,23)20(13-6-7-13)11-17(21)12-4-2-1-3-5-12/h1-5,8-10,13,17,21H,6-7,11H2. The van der Waals surface area contributed by atoms with Gasteiger partial charge in [-0.15, -0.1) is 0 Å². The molecule has 2 aromatic carbocycles. The molecule has 7 heteroatoms. The van der Waals surface area contributed by atoms with Crippen molar-refractivity contribution in [2.75, 3.05) is 6.54 Å². The van der Waals surface area contributed by atoms with E-state index in [2.05, 4.69) is 15.9 Å². The normalized spacial score (nSPS) is 16.3. The molecule has 0 spiro atoms. The molecule has 2 aromatic rings.